The van der Waals surface area contributed by atoms with Crippen LogP contribution in [-0.4, -0.2) is 42.2 Å². The van der Waals surface area contributed by atoms with E-state index in [1.165, 1.54) is 6.07 Å². The van der Waals surface area contributed by atoms with E-state index in [1.54, 1.807) is 23.5 Å². The zero-order chi connectivity index (χ0) is 13.2. The van der Waals surface area contributed by atoms with Crippen LogP contribution in [0.5, 0.6) is 0 Å². The highest BCUT2D eigenvalue weighted by Gasteiger charge is 2.20. The topological polar surface area (TPSA) is 51.4 Å². The van der Waals surface area contributed by atoms with E-state index >= 15 is 0 Å². The van der Waals surface area contributed by atoms with Crippen molar-refractivity contribution < 1.29 is 9.13 Å². The number of halogens is 1. The summed E-state index contributed by atoms with van der Waals surface area (Å²) < 4.78 is 19.6. The first-order chi connectivity index (χ1) is 9.24. The number of rotatable bonds is 3. The number of aromatic nitrogens is 1. The SMILES string of the molecule is NCC1CN(Cc2nc3ccc(F)cc3s2)CCO1. The summed E-state index contributed by atoms with van der Waals surface area (Å²) in [7, 11) is 0. The van der Waals surface area contributed by atoms with Crippen LogP contribution in [0.3, 0.4) is 0 Å². The van der Waals surface area contributed by atoms with Gasteiger partial charge in [0.2, 0.25) is 0 Å². The van der Waals surface area contributed by atoms with Crippen molar-refractivity contribution >= 4 is 21.6 Å². The molecule has 1 fully saturated rings. The molecule has 19 heavy (non-hydrogen) atoms. The molecule has 6 heteroatoms. The Morgan fingerprint density at radius 3 is 3.26 bits per heavy atom. The van der Waals surface area contributed by atoms with Crippen LogP contribution in [0.1, 0.15) is 5.01 Å². The monoisotopic (exact) mass is 281 g/mol. The van der Waals surface area contributed by atoms with Gasteiger partial charge >= 0.3 is 0 Å². The third-order valence-electron chi connectivity index (χ3n) is 3.24. The number of nitrogens with zero attached hydrogens (tertiary/aromatic N) is 2. The van der Waals surface area contributed by atoms with Crippen molar-refractivity contribution in [1.82, 2.24) is 9.88 Å². The number of morpholine rings is 1. The van der Waals surface area contributed by atoms with Crippen molar-refractivity contribution in [3.63, 3.8) is 0 Å². The van der Waals surface area contributed by atoms with Gasteiger partial charge < -0.3 is 10.5 Å². The Labute approximate surface area is 115 Å². The van der Waals surface area contributed by atoms with Gasteiger partial charge in [-0.05, 0) is 18.2 Å². The van der Waals surface area contributed by atoms with Gasteiger partial charge in [0.1, 0.15) is 10.8 Å². The molecule has 2 aromatic rings. The van der Waals surface area contributed by atoms with Gasteiger partial charge in [0.15, 0.2) is 0 Å². The molecule has 0 bridgehead atoms. The van der Waals surface area contributed by atoms with E-state index in [4.69, 9.17) is 10.5 Å². The highest BCUT2D eigenvalue weighted by molar-refractivity contribution is 7.18. The third-order valence-corrected chi connectivity index (χ3v) is 4.24. The van der Waals surface area contributed by atoms with Crippen LogP contribution < -0.4 is 5.73 Å². The molecule has 1 unspecified atom stereocenters. The van der Waals surface area contributed by atoms with Crippen molar-refractivity contribution in [1.29, 1.82) is 0 Å². The van der Waals surface area contributed by atoms with Gasteiger partial charge in [0.05, 0.1) is 29.5 Å². The maximum absolute atomic E-state index is 13.1. The van der Waals surface area contributed by atoms with Gasteiger partial charge in [-0.1, -0.05) is 0 Å². The van der Waals surface area contributed by atoms with E-state index in [1.807, 2.05) is 0 Å². The van der Waals surface area contributed by atoms with Crippen molar-refractivity contribution in [2.75, 3.05) is 26.2 Å². The van der Waals surface area contributed by atoms with Crippen LogP contribution in [0.15, 0.2) is 18.2 Å². The van der Waals surface area contributed by atoms with Crippen molar-refractivity contribution in [3.05, 3.63) is 29.0 Å². The van der Waals surface area contributed by atoms with E-state index < -0.39 is 0 Å². The Morgan fingerprint density at radius 1 is 1.53 bits per heavy atom. The molecule has 0 amide bonds. The van der Waals surface area contributed by atoms with Crippen LogP contribution in [0.4, 0.5) is 4.39 Å². The summed E-state index contributed by atoms with van der Waals surface area (Å²) in [4.78, 5) is 6.82. The zero-order valence-electron chi connectivity index (χ0n) is 10.5. The van der Waals surface area contributed by atoms with Crippen LogP contribution in [0.2, 0.25) is 0 Å². The molecule has 1 aromatic carbocycles. The van der Waals surface area contributed by atoms with Crippen LogP contribution >= 0.6 is 11.3 Å². The number of thiazole rings is 1. The molecule has 0 radical (unpaired) electrons. The normalized spacial score (nSPS) is 21.1. The molecule has 0 saturated carbocycles. The lowest BCUT2D eigenvalue weighted by molar-refractivity contribution is -0.0260. The lowest BCUT2D eigenvalue weighted by Crippen LogP contribution is -2.45. The van der Waals surface area contributed by atoms with Gasteiger partial charge in [0.25, 0.3) is 0 Å². The second-order valence-electron chi connectivity index (χ2n) is 4.68. The fourth-order valence-corrected chi connectivity index (χ4v) is 3.31. The Balaban J connectivity index is 1.74. The summed E-state index contributed by atoms with van der Waals surface area (Å²) in [5.41, 5.74) is 6.50. The summed E-state index contributed by atoms with van der Waals surface area (Å²) in [5.74, 6) is -0.211. The maximum atomic E-state index is 13.1. The molecule has 1 aliphatic rings. The first kappa shape index (κ1) is 12.9. The molecule has 0 aliphatic carbocycles. The first-order valence-corrected chi connectivity index (χ1v) is 7.15. The molecular formula is C13H16FN3OS. The average Bonchev–Trinajstić information content (AvgIpc) is 2.80. The van der Waals surface area contributed by atoms with E-state index in [9.17, 15) is 4.39 Å². The number of hydrogen-bond donors (Lipinski definition) is 1. The number of ether oxygens (including phenoxy) is 1. The summed E-state index contributed by atoms with van der Waals surface area (Å²) >= 11 is 1.55. The van der Waals surface area contributed by atoms with E-state index in [0.717, 1.165) is 34.9 Å². The molecule has 2 heterocycles. The molecule has 4 nitrogen and oxygen atoms in total. The standard InChI is InChI=1S/C13H16FN3OS/c14-9-1-2-11-12(5-9)19-13(16-11)8-17-3-4-18-10(6-15)7-17/h1-2,5,10H,3-4,6-8,15H2. The van der Waals surface area contributed by atoms with Gasteiger partial charge in [-0.2, -0.15) is 0 Å². The molecule has 1 aromatic heterocycles. The quantitative estimate of drug-likeness (QED) is 0.928. The molecule has 1 aliphatic heterocycles. The summed E-state index contributed by atoms with van der Waals surface area (Å²) in [6, 6.07) is 4.72. The van der Waals surface area contributed by atoms with Crippen molar-refractivity contribution in [3.8, 4) is 0 Å². The minimum atomic E-state index is -0.211. The van der Waals surface area contributed by atoms with Crippen molar-refractivity contribution in [2.24, 2.45) is 5.73 Å². The van der Waals surface area contributed by atoms with Crippen molar-refractivity contribution in [2.45, 2.75) is 12.6 Å². The molecule has 102 valence electrons. The molecular weight excluding hydrogens is 265 g/mol. The van der Waals surface area contributed by atoms with Gasteiger partial charge in [-0.3, -0.25) is 4.90 Å². The van der Waals surface area contributed by atoms with E-state index in [2.05, 4.69) is 9.88 Å². The minimum Gasteiger partial charge on any atom is -0.374 e. The van der Waals surface area contributed by atoms with E-state index in [0.29, 0.717) is 13.2 Å². The lowest BCUT2D eigenvalue weighted by atomic mass is 10.3. The fraction of sp³-hybridized carbons (Fsp3) is 0.462. The second-order valence-corrected chi connectivity index (χ2v) is 5.80. The molecule has 1 saturated heterocycles. The number of hydrogen-bond acceptors (Lipinski definition) is 5. The Bertz CT molecular complexity index is 574. The van der Waals surface area contributed by atoms with Gasteiger partial charge in [0, 0.05) is 19.6 Å². The summed E-state index contributed by atoms with van der Waals surface area (Å²) in [6.07, 6.45) is 0.112. The minimum absolute atomic E-state index is 0.112. The van der Waals surface area contributed by atoms with Gasteiger partial charge in [-0.15, -0.1) is 11.3 Å². The van der Waals surface area contributed by atoms with Crippen LogP contribution in [0.25, 0.3) is 10.2 Å². The average molecular weight is 281 g/mol. The Morgan fingerprint density at radius 2 is 2.42 bits per heavy atom. The van der Waals surface area contributed by atoms with Gasteiger partial charge in [-0.25, -0.2) is 9.37 Å². The molecule has 1 atom stereocenters. The number of fused-ring (bicyclic) bond motifs is 1. The smallest absolute Gasteiger partial charge is 0.124 e. The predicted molar refractivity (Wildman–Crippen MR) is 73.6 cm³/mol. The Kier molecular flexibility index (Phi) is 3.74. The lowest BCUT2D eigenvalue weighted by Gasteiger charge is -2.31. The maximum Gasteiger partial charge on any atom is 0.124 e. The highest BCUT2D eigenvalue weighted by atomic mass is 32.1. The molecule has 0 spiro atoms. The fourth-order valence-electron chi connectivity index (χ4n) is 2.27. The predicted octanol–water partition coefficient (Wildman–Crippen LogP) is 1.59. The molecule has 3 rings (SSSR count). The second kappa shape index (κ2) is 5.50. The number of nitrogens with two attached hydrogens (primary N) is 1. The molecule has 2 N–H and O–H groups in total. The largest absolute Gasteiger partial charge is 0.374 e. The zero-order valence-corrected chi connectivity index (χ0v) is 11.3. The number of benzene rings is 1. The van der Waals surface area contributed by atoms with Crippen LogP contribution in [-0.2, 0) is 11.3 Å². The third kappa shape index (κ3) is 2.92. The Hall–Kier alpha value is -1.08. The van der Waals surface area contributed by atoms with Crippen LogP contribution in [0, 0.1) is 5.82 Å². The first-order valence-electron chi connectivity index (χ1n) is 6.33. The summed E-state index contributed by atoms with van der Waals surface area (Å²) in [5, 5.41) is 1.01. The highest BCUT2D eigenvalue weighted by Crippen LogP contribution is 2.24. The van der Waals surface area contributed by atoms with E-state index in [-0.39, 0.29) is 11.9 Å². The summed E-state index contributed by atoms with van der Waals surface area (Å²) in [6.45, 7) is 3.76.